The molecule has 0 aliphatic carbocycles. The summed E-state index contributed by atoms with van der Waals surface area (Å²) in [6.07, 6.45) is 0. The van der Waals surface area contributed by atoms with Crippen LogP contribution in [0.1, 0.15) is 31.1 Å². The van der Waals surface area contributed by atoms with Crippen molar-refractivity contribution in [1.29, 1.82) is 0 Å². The summed E-state index contributed by atoms with van der Waals surface area (Å²) in [5.41, 5.74) is 3.45. The minimum absolute atomic E-state index is 0.169. The molecule has 1 N–H and O–H groups in total. The predicted octanol–water partition coefficient (Wildman–Crippen LogP) is 5.72. The van der Waals surface area contributed by atoms with Gasteiger partial charge in [0.25, 0.3) is 5.91 Å². The molecule has 0 saturated heterocycles. The van der Waals surface area contributed by atoms with Crippen LogP contribution in [0, 0.1) is 0 Å². The SMILES string of the molecule is CCN(CCOc1cc(NC(=O)c2ccc(-c3ccccc3)cc2)ccc1OC)C(C)C. The van der Waals surface area contributed by atoms with Gasteiger partial charge in [-0.1, -0.05) is 49.4 Å². The van der Waals surface area contributed by atoms with E-state index < -0.39 is 0 Å². The van der Waals surface area contributed by atoms with Crippen LogP contribution in [-0.2, 0) is 0 Å². The first kappa shape index (κ1) is 23.4. The topological polar surface area (TPSA) is 50.8 Å². The van der Waals surface area contributed by atoms with Crippen LogP contribution in [0.2, 0.25) is 0 Å². The van der Waals surface area contributed by atoms with Crippen LogP contribution >= 0.6 is 0 Å². The number of carbonyl (C=O) groups excluding carboxylic acids is 1. The van der Waals surface area contributed by atoms with E-state index in [1.807, 2.05) is 54.6 Å². The van der Waals surface area contributed by atoms with Gasteiger partial charge in [-0.2, -0.15) is 0 Å². The Hall–Kier alpha value is -3.31. The number of carbonyl (C=O) groups is 1. The molecule has 0 bridgehead atoms. The van der Waals surface area contributed by atoms with Crippen molar-refractivity contribution in [3.05, 3.63) is 78.4 Å². The summed E-state index contributed by atoms with van der Waals surface area (Å²) in [6.45, 7) is 8.82. The maximum atomic E-state index is 12.8. The summed E-state index contributed by atoms with van der Waals surface area (Å²) in [4.78, 5) is 15.1. The van der Waals surface area contributed by atoms with Gasteiger partial charge in [0.1, 0.15) is 6.61 Å². The Morgan fingerprint density at radius 3 is 2.25 bits per heavy atom. The summed E-state index contributed by atoms with van der Waals surface area (Å²) >= 11 is 0. The van der Waals surface area contributed by atoms with E-state index in [0.717, 1.165) is 24.2 Å². The van der Waals surface area contributed by atoms with Crippen molar-refractivity contribution in [2.45, 2.75) is 26.8 Å². The van der Waals surface area contributed by atoms with Gasteiger partial charge < -0.3 is 14.8 Å². The van der Waals surface area contributed by atoms with Crippen LogP contribution in [0.3, 0.4) is 0 Å². The highest BCUT2D eigenvalue weighted by Gasteiger charge is 2.12. The van der Waals surface area contributed by atoms with E-state index in [9.17, 15) is 4.79 Å². The van der Waals surface area contributed by atoms with E-state index in [0.29, 0.717) is 35.4 Å². The lowest BCUT2D eigenvalue weighted by Crippen LogP contribution is -2.34. The molecular weight excluding hydrogens is 400 g/mol. The van der Waals surface area contributed by atoms with Crippen molar-refractivity contribution < 1.29 is 14.3 Å². The summed E-state index contributed by atoms with van der Waals surface area (Å²) in [7, 11) is 1.61. The minimum atomic E-state index is -0.169. The van der Waals surface area contributed by atoms with Crippen molar-refractivity contribution in [3.63, 3.8) is 0 Å². The Morgan fingerprint density at radius 2 is 1.62 bits per heavy atom. The lowest BCUT2D eigenvalue weighted by Gasteiger charge is -2.24. The first-order chi connectivity index (χ1) is 15.5. The maximum absolute atomic E-state index is 12.8. The molecule has 0 aliphatic rings. The molecule has 1 amide bonds. The molecule has 32 heavy (non-hydrogen) atoms. The van der Waals surface area contributed by atoms with E-state index in [4.69, 9.17) is 9.47 Å². The molecule has 0 aromatic heterocycles. The quantitative estimate of drug-likeness (QED) is 0.445. The second kappa shape index (κ2) is 11.3. The number of methoxy groups -OCH3 is 1. The van der Waals surface area contributed by atoms with Crippen LogP contribution in [0.25, 0.3) is 11.1 Å². The van der Waals surface area contributed by atoms with E-state index in [1.54, 1.807) is 13.2 Å². The van der Waals surface area contributed by atoms with Crippen molar-refractivity contribution in [3.8, 4) is 22.6 Å². The fourth-order valence-electron chi connectivity index (χ4n) is 3.57. The number of anilines is 1. The van der Waals surface area contributed by atoms with E-state index in [1.165, 1.54) is 0 Å². The molecule has 3 aromatic rings. The van der Waals surface area contributed by atoms with Gasteiger partial charge in [0.15, 0.2) is 11.5 Å². The first-order valence-corrected chi connectivity index (χ1v) is 11.0. The van der Waals surface area contributed by atoms with Gasteiger partial charge in [0.2, 0.25) is 0 Å². The molecular formula is C27H32N2O3. The van der Waals surface area contributed by atoms with Crippen LogP contribution < -0.4 is 14.8 Å². The molecule has 5 nitrogen and oxygen atoms in total. The third-order valence-corrected chi connectivity index (χ3v) is 5.45. The maximum Gasteiger partial charge on any atom is 0.255 e. The highest BCUT2D eigenvalue weighted by molar-refractivity contribution is 6.04. The van der Waals surface area contributed by atoms with Crippen LogP contribution in [0.4, 0.5) is 5.69 Å². The predicted molar refractivity (Wildman–Crippen MR) is 131 cm³/mol. The zero-order valence-corrected chi connectivity index (χ0v) is 19.3. The molecule has 0 unspecified atom stereocenters. The molecule has 0 fully saturated rings. The number of rotatable bonds is 10. The smallest absolute Gasteiger partial charge is 0.255 e. The molecule has 0 heterocycles. The third-order valence-electron chi connectivity index (χ3n) is 5.45. The number of ether oxygens (including phenoxy) is 2. The van der Waals surface area contributed by atoms with Crippen LogP contribution in [0.15, 0.2) is 72.8 Å². The van der Waals surface area contributed by atoms with Gasteiger partial charge >= 0.3 is 0 Å². The molecule has 0 atom stereocenters. The summed E-state index contributed by atoms with van der Waals surface area (Å²) in [5.74, 6) is 1.09. The molecule has 0 saturated carbocycles. The Kier molecular flexibility index (Phi) is 8.28. The van der Waals surface area contributed by atoms with E-state index in [2.05, 4.69) is 43.1 Å². The largest absolute Gasteiger partial charge is 0.493 e. The van der Waals surface area contributed by atoms with Gasteiger partial charge in [0.05, 0.1) is 7.11 Å². The Bertz CT molecular complexity index is 1000. The monoisotopic (exact) mass is 432 g/mol. The molecule has 3 rings (SSSR count). The molecule has 0 spiro atoms. The summed E-state index contributed by atoms with van der Waals surface area (Å²) in [6, 6.07) is 23.6. The van der Waals surface area contributed by atoms with Gasteiger partial charge in [-0.15, -0.1) is 0 Å². The fourth-order valence-corrected chi connectivity index (χ4v) is 3.57. The lowest BCUT2D eigenvalue weighted by atomic mass is 10.0. The number of amides is 1. The van der Waals surface area contributed by atoms with Crippen molar-refractivity contribution in [2.75, 3.05) is 32.1 Å². The Labute approximate surface area is 191 Å². The summed E-state index contributed by atoms with van der Waals surface area (Å²) < 4.78 is 11.4. The first-order valence-electron chi connectivity index (χ1n) is 11.0. The van der Waals surface area contributed by atoms with Crippen LogP contribution in [-0.4, -0.2) is 43.7 Å². The summed E-state index contributed by atoms with van der Waals surface area (Å²) in [5, 5.41) is 2.95. The molecule has 5 heteroatoms. The van der Waals surface area contributed by atoms with Gasteiger partial charge in [-0.3, -0.25) is 9.69 Å². The highest BCUT2D eigenvalue weighted by Crippen LogP contribution is 2.30. The molecule has 168 valence electrons. The standard InChI is InChI=1S/C27H32N2O3/c1-5-29(20(2)3)17-18-32-26-19-24(15-16-25(26)31-4)28-27(30)23-13-11-22(12-14-23)21-9-7-6-8-10-21/h6-16,19-20H,5,17-18H2,1-4H3,(H,28,30). The number of nitrogens with zero attached hydrogens (tertiary/aromatic N) is 1. The van der Waals surface area contributed by atoms with Gasteiger partial charge in [0, 0.05) is 29.9 Å². The third kappa shape index (κ3) is 6.11. The average molecular weight is 433 g/mol. The average Bonchev–Trinajstić information content (AvgIpc) is 2.82. The Morgan fingerprint density at radius 1 is 0.938 bits per heavy atom. The number of nitrogens with one attached hydrogen (secondary N) is 1. The molecule has 0 aliphatic heterocycles. The number of likely N-dealkylation sites (N-methyl/N-ethyl adjacent to an activating group) is 1. The number of hydrogen-bond acceptors (Lipinski definition) is 4. The van der Waals surface area contributed by atoms with Gasteiger partial charge in [-0.05, 0) is 55.8 Å². The van der Waals surface area contributed by atoms with E-state index in [-0.39, 0.29) is 5.91 Å². The number of hydrogen-bond donors (Lipinski definition) is 1. The normalized spacial score (nSPS) is 10.9. The lowest BCUT2D eigenvalue weighted by molar-refractivity contribution is 0.102. The van der Waals surface area contributed by atoms with Crippen molar-refractivity contribution >= 4 is 11.6 Å². The van der Waals surface area contributed by atoms with E-state index >= 15 is 0 Å². The Balaban J connectivity index is 1.66. The van der Waals surface area contributed by atoms with Crippen molar-refractivity contribution in [2.24, 2.45) is 0 Å². The zero-order valence-electron chi connectivity index (χ0n) is 19.3. The minimum Gasteiger partial charge on any atom is -0.493 e. The molecule has 0 radical (unpaired) electrons. The highest BCUT2D eigenvalue weighted by atomic mass is 16.5. The second-order valence-electron chi connectivity index (χ2n) is 7.83. The van der Waals surface area contributed by atoms with Crippen LogP contribution in [0.5, 0.6) is 11.5 Å². The fraction of sp³-hybridized carbons (Fsp3) is 0.296. The molecule has 3 aromatic carbocycles. The second-order valence-corrected chi connectivity index (χ2v) is 7.83. The number of benzene rings is 3. The van der Waals surface area contributed by atoms with Crippen molar-refractivity contribution in [1.82, 2.24) is 4.90 Å². The van der Waals surface area contributed by atoms with Gasteiger partial charge in [-0.25, -0.2) is 0 Å². The zero-order chi connectivity index (χ0) is 22.9.